The third-order valence-corrected chi connectivity index (χ3v) is 5.04. The van der Waals surface area contributed by atoms with Crippen molar-refractivity contribution in [3.05, 3.63) is 82.5 Å². The second kappa shape index (κ2) is 7.72. The summed E-state index contributed by atoms with van der Waals surface area (Å²) in [6, 6.07) is 15.8. The van der Waals surface area contributed by atoms with Crippen LogP contribution in [0.5, 0.6) is 5.75 Å². The molecule has 0 fully saturated rings. The fourth-order valence-electron chi connectivity index (χ4n) is 3.68. The largest absolute Gasteiger partial charge is 0.496 e. The number of aryl methyl sites for hydroxylation is 1. The zero-order valence-corrected chi connectivity index (χ0v) is 16.1. The van der Waals surface area contributed by atoms with Gasteiger partial charge in [-0.15, -0.1) is 0 Å². The molecule has 5 nitrogen and oxygen atoms in total. The van der Waals surface area contributed by atoms with Gasteiger partial charge in [-0.2, -0.15) is 0 Å². The van der Waals surface area contributed by atoms with E-state index < -0.39 is 0 Å². The van der Waals surface area contributed by atoms with E-state index in [0.29, 0.717) is 11.4 Å². The fraction of sp³-hybridized carbons (Fsp3) is 0.217. The van der Waals surface area contributed by atoms with Crippen LogP contribution in [0.1, 0.15) is 32.6 Å². The molecule has 2 aromatic carbocycles. The number of benzene rings is 2. The van der Waals surface area contributed by atoms with Crippen LogP contribution in [0, 0.1) is 6.92 Å². The lowest BCUT2D eigenvalue weighted by molar-refractivity contribution is 0.102. The van der Waals surface area contributed by atoms with Crippen molar-refractivity contribution in [2.24, 2.45) is 0 Å². The molecule has 0 bridgehead atoms. The van der Waals surface area contributed by atoms with Gasteiger partial charge in [-0.3, -0.25) is 4.79 Å². The van der Waals surface area contributed by atoms with Gasteiger partial charge in [0.05, 0.1) is 7.11 Å². The van der Waals surface area contributed by atoms with Gasteiger partial charge in [0.2, 0.25) is 0 Å². The number of rotatable bonds is 5. The first kappa shape index (κ1) is 18.0. The highest BCUT2D eigenvalue weighted by Crippen LogP contribution is 2.26. The van der Waals surface area contributed by atoms with Gasteiger partial charge in [0.15, 0.2) is 0 Å². The summed E-state index contributed by atoms with van der Waals surface area (Å²) in [6.45, 7) is 2.91. The molecule has 0 atom stereocenters. The molecule has 0 aliphatic carbocycles. The molecule has 1 amide bonds. The quantitative estimate of drug-likeness (QED) is 0.703. The first-order valence-electron chi connectivity index (χ1n) is 9.39. The van der Waals surface area contributed by atoms with Crippen molar-refractivity contribution in [3.8, 4) is 5.75 Å². The Kier molecular flexibility index (Phi) is 4.98. The summed E-state index contributed by atoms with van der Waals surface area (Å²) in [5.41, 5.74) is 6.22. The number of nitrogens with zero attached hydrogens (tertiary/aromatic N) is 1. The minimum atomic E-state index is -0.120. The summed E-state index contributed by atoms with van der Waals surface area (Å²) >= 11 is 0. The van der Waals surface area contributed by atoms with Gasteiger partial charge in [0.25, 0.3) is 5.91 Å². The van der Waals surface area contributed by atoms with Gasteiger partial charge in [-0.05, 0) is 72.4 Å². The van der Waals surface area contributed by atoms with Crippen molar-refractivity contribution in [2.75, 3.05) is 24.3 Å². The first-order valence-corrected chi connectivity index (χ1v) is 9.39. The molecule has 0 saturated heterocycles. The summed E-state index contributed by atoms with van der Waals surface area (Å²) < 4.78 is 5.32. The molecule has 1 aliphatic rings. The maximum atomic E-state index is 12.8. The number of hydrogen-bond acceptors (Lipinski definition) is 4. The molecule has 2 N–H and O–H groups in total. The highest BCUT2D eigenvalue weighted by Gasteiger charge is 2.18. The monoisotopic (exact) mass is 373 g/mol. The molecule has 142 valence electrons. The normalized spacial score (nSPS) is 12.2. The van der Waals surface area contributed by atoms with Gasteiger partial charge in [-0.1, -0.05) is 18.2 Å². The minimum Gasteiger partial charge on any atom is -0.496 e. The average Bonchev–Trinajstić information content (AvgIpc) is 3.17. The average molecular weight is 373 g/mol. The molecular formula is C23H23N3O2. The molecule has 1 aliphatic heterocycles. The lowest BCUT2D eigenvalue weighted by Crippen LogP contribution is -2.15. The topological polar surface area (TPSA) is 63.2 Å². The number of aromatic nitrogens is 1. The third-order valence-electron chi connectivity index (χ3n) is 5.04. The number of fused-ring (bicyclic) bond motifs is 1. The Balaban J connectivity index is 1.51. The zero-order valence-electron chi connectivity index (χ0n) is 16.1. The number of carbonyl (C=O) groups is 1. The summed E-state index contributed by atoms with van der Waals surface area (Å²) in [5.74, 6) is 1.33. The van der Waals surface area contributed by atoms with Crippen LogP contribution in [0.3, 0.4) is 0 Å². The van der Waals surface area contributed by atoms with Gasteiger partial charge in [0.1, 0.15) is 11.6 Å². The van der Waals surface area contributed by atoms with Crippen molar-refractivity contribution in [3.63, 3.8) is 0 Å². The van der Waals surface area contributed by atoms with E-state index in [1.165, 1.54) is 5.56 Å². The van der Waals surface area contributed by atoms with E-state index >= 15 is 0 Å². The molecule has 4 rings (SSSR count). The summed E-state index contributed by atoms with van der Waals surface area (Å²) in [7, 11) is 1.68. The third kappa shape index (κ3) is 3.69. The van der Waals surface area contributed by atoms with Crippen molar-refractivity contribution in [2.45, 2.75) is 19.8 Å². The second-order valence-electron chi connectivity index (χ2n) is 6.99. The number of ether oxygens (including phenoxy) is 1. The van der Waals surface area contributed by atoms with Gasteiger partial charge >= 0.3 is 0 Å². The van der Waals surface area contributed by atoms with Crippen LogP contribution >= 0.6 is 0 Å². The fourth-order valence-corrected chi connectivity index (χ4v) is 3.68. The Bertz CT molecular complexity index is 1030. The van der Waals surface area contributed by atoms with Crippen molar-refractivity contribution in [1.82, 2.24) is 4.98 Å². The van der Waals surface area contributed by atoms with Crippen molar-refractivity contribution < 1.29 is 9.53 Å². The highest BCUT2D eigenvalue weighted by molar-refractivity contribution is 6.06. The van der Waals surface area contributed by atoms with Crippen LogP contribution in [-0.4, -0.2) is 24.5 Å². The highest BCUT2D eigenvalue weighted by atomic mass is 16.5. The Morgan fingerprint density at radius 1 is 1.18 bits per heavy atom. The Labute approximate surface area is 164 Å². The standard InChI is InChI=1S/C23H23N3O2/c1-15-12-16(6-7-21(15)28-2)13-17-8-10-25-22(14-17)26-23(27)19-4-3-5-20-18(19)9-11-24-20/h3-8,10,12,14,24H,9,11,13H2,1-2H3,(H,25,26,27). The summed E-state index contributed by atoms with van der Waals surface area (Å²) in [6.07, 6.45) is 3.36. The van der Waals surface area contributed by atoms with E-state index in [0.717, 1.165) is 47.5 Å². The molecule has 5 heteroatoms. The number of nitrogens with one attached hydrogen (secondary N) is 2. The molecule has 0 spiro atoms. The molecule has 2 heterocycles. The molecule has 0 saturated carbocycles. The molecule has 3 aromatic rings. The molecular weight excluding hydrogens is 350 g/mol. The number of carbonyl (C=O) groups excluding carboxylic acids is 1. The van der Waals surface area contributed by atoms with E-state index in [9.17, 15) is 4.79 Å². The van der Waals surface area contributed by atoms with Crippen LogP contribution in [0.2, 0.25) is 0 Å². The minimum absolute atomic E-state index is 0.120. The smallest absolute Gasteiger partial charge is 0.257 e. The van der Waals surface area contributed by atoms with Crippen LogP contribution < -0.4 is 15.4 Å². The SMILES string of the molecule is COc1ccc(Cc2ccnc(NC(=O)c3cccc4c3CCN4)c2)cc1C. The summed E-state index contributed by atoms with van der Waals surface area (Å²) in [4.78, 5) is 17.1. The van der Waals surface area contributed by atoms with Gasteiger partial charge in [-0.25, -0.2) is 4.98 Å². The Hall–Kier alpha value is -3.34. The van der Waals surface area contributed by atoms with Crippen LogP contribution in [0.4, 0.5) is 11.5 Å². The van der Waals surface area contributed by atoms with E-state index in [1.54, 1.807) is 13.3 Å². The Morgan fingerprint density at radius 2 is 2.04 bits per heavy atom. The lowest BCUT2D eigenvalue weighted by Gasteiger charge is -2.10. The first-order chi connectivity index (χ1) is 13.6. The maximum absolute atomic E-state index is 12.8. The lowest BCUT2D eigenvalue weighted by atomic mass is 10.0. The van der Waals surface area contributed by atoms with Crippen LogP contribution in [0.15, 0.2) is 54.7 Å². The van der Waals surface area contributed by atoms with Crippen LogP contribution in [0.25, 0.3) is 0 Å². The van der Waals surface area contributed by atoms with Gasteiger partial charge in [0, 0.05) is 24.0 Å². The zero-order chi connectivity index (χ0) is 19.5. The number of methoxy groups -OCH3 is 1. The van der Waals surface area contributed by atoms with Crippen molar-refractivity contribution >= 4 is 17.4 Å². The molecule has 0 unspecified atom stereocenters. The predicted molar refractivity (Wildman–Crippen MR) is 111 cm³/mol. The van der Waals surface area contributed by atoms with E-state index in [1.807, 2.05) is 43.3 Å². The van der Waals surface area contributed by atoms with Crippen LogP contribution in [-0.2, 0) is 12.8 Å². The number of amides is 1. The number of hydrogen-bond donors (Lipinski definition) is 2. The summed E-state index contributed by atoms with van der Waals surface area (Å²) in [5, 5.41) is 6.25. The van der Waals surface area contributed by atoms with E-state index in [-0.39, 0.29) is 5.91 Å². The molecule has 0 radical (unpaired) electrons. The maximum Gasteiger partial charge on any atom is 0.257 e. The molecule has 28 heavy (non-hydrogen) atoms. The van der Waals surface area contributed by atoms with E-state index in [2.05, 4.69) is 27.8 Å². The predicted octanol–water partition coefficient (Wildman–Crippen LogP) is 4.21. The number of anilines is 2. The number of pyridine rings is 1. The van der Waals surface area contributed by atoms with Crippen molar-refractivity contribution in [1.29, 1.82) is 0 Å². The van der Waals surface area contributed by atoms with E-state index in [4.69, 9.17) is 4.74 Å². The molecule has 1 aromatic heterocycles. The van der Waals surface area contributed by atoms with Gasteiger partial charge < -0.3 is 15.4 Å². The second-order valence-corrected chi connectivity index (χ2v) is 6.99. The Morgan fingerprint density at radius 3 is 2.86 bits per heavy atom.